The van der Waals surface area contributed by atoms with Gasteiger partial charge in [0.05, 0.1) is 18.3 Å². The van der Waals surface area contributed by atoms with Gasteiger partial charge >= 0.3 is 51.4 Å². The summed E-state index contributed by atoms with van der Waals surface area (Å²) in [5.74, 6) is 0.916. The molecular formula is C19H18KNO5S. The molecule has 1 unspecified atom stereocenters. The minimum atomic E-state index is -0.773. The second kappa shape index (κ2) is 10.6. The van der Waals surface area contributed by atoms with Gasteiger partial charge in [0.15, 0.2) is 0 Å². The molecule has 6 nitrogen and oxygen atoms in total. The van der Waals surface area contributed by atoms with Gasteiger partial charge in [0, 0.05) is 0 Å². The zero-order valence-electron chi connectivity index (χ0n) is 15.1. The van der Waals surface area contributed by atoms with Gasteiger partial charge in [0.2, 0.25) is 0 Å². The van der Waals surface area contributed by atoms with Crippen LogP contribution in [0.5, 0.6) is 11.5 Å². The number of methoxy groups -OCH3 is 1. The molecule has 2 aromatic rings. The molecule has 0 aliphatic carbocycles. The summed E-state index contributed by atoms with van der Waals surface area (Å²) in [4.78, 5) is 22.7. The number of aliphatic hydroxyl groups is 1. The normalized spacial score (nSPS) is 17.0. The van der Waals surface area contributed by atoms with Gasteiger partial charge in [-0.15, -0.1) is 0 Å². The summed E-state index contributed by atoms with van der Waals surface area (Å²) in [6.45, 7) is 0.108. The third kappa shape index (κ3) is 6.32. The Bertz CT molecular complexity index is 799. The van der Waals surface area contributed by atoms with Crippen LogP contribution in [0.1, 0.15) is 17.2 Å². The summed E-state index contributed by atoms with van der Waals surface area (Å²) in [6.07, 6.45) is -0.323. The number of imide groups is 1. The Morgan fingerprint density at radius 3 is 2.52 bits per heavy atom. The smallest absolute Gasteiger partial charge is 0.585 e. The van der Waals surface area contributed by atoms with Gasteiger partial charge in [0.25, 0.3) is 0 Å². The standard InChI is InChI=1S/C19H19NO5S.K/c1-24-15-4-2-3-13(10-15)16(21)11-25-14-7-5-12(6-8-14)9-17-18(22)20-19(23)26-17;/h2-8,10,16-17,21H,9,11H2,1H3,(H,20,22,23);/q;+1/p-1/t16-,17?;/m0./s1. The first-order valence-corrected chi connectivity index (χ1v) is 8.93. The number of aliphatic hydroxyl groups excluding tert-OH is 1. The predicted molar refractivity (Wildman–Crippen MR) is 98.7 cm³/mol. The van der Waals surface area contributed by atoms with Crippen LogP contribution >= 0.6 is 11.8 Å². The molecule has 2 amide bonds. The van der Waals surface area contributed by atoms with E-state index in [9.17, 15) is 14.7 Å². The first kappa shape index (κ1) is 22.4. The quantitative estimate of drug-likeness (QED) is 0.668. The Kier molecular flexibility index (Phi) is 8.81. The van der Waals surface area contributed by atoms with Crippen LogP contribution in [-0.4, -0.2) is 35.2 Å². The van der Waals surface area contributed by atoms with Gasteiger partial charge in [-0.05, 0) is 41.8 Å². The number of nitrogens with zero attached hydrogens (tertiary/aromatic N) is 1. The molecular weight excluding hydrogens is 393 g/mol. The van der Waals surface area contributed by atoms with Crippen LogP contribution in [0, 0.1) is 0 Å². The fourth-order valence-electron chi connectivity index (χ4n) is 2.55. The summed E-state index contributed by atoms with van der Waals surface area (Å²) < 4.78 is 10.8. The number of amides is 2. The number of rotatable bonds is 7. The molecule has 1 aliphatic rings. The summed E-state index contributed by atoms with van der Waals surface area (Å²) in [5.41, 5.74) is 1.63. The minimum absolute atomic E-state index is 0. The summed E-state index contributed by atoms with van der Waals surface area (Å²) >= 11 is 0.958. The molecule has 0 saturated carbocycles. The number of hydrogen-bond acceptors (Lipinski definition) is 6. The van der Waals surface area contributed by atoms with E-state index in [-0.39, 0.29) is 63.9 Å². The molecule has 0 bridgehead atoms. The van der Waals surface area contributed by atoms with E-state index in [1.807, 2.05) is 30.3 Å². The van der Waals surface area contributed by atoms with Crippen molar-refractivity contribution in [1.29, 1.82) is 0 Å². The van der Waals surface area contributed by atoms with Crippen molar-refractivity contribution in [3.05, 3.63) is 65.0 Å². The second-order valence-electron chi connectivity index (χ2n) is 5.77. The van der Waals surface area contributed by atoms with Gasteiger partial charge < -0.3 is 29.5 Å². The van der Waals surface area contributed by atoms with E-state index in [4.69, 9.17) is 9.47 Å². The first-order chi connectivity index (χ1) is 12.5. The van der Waals surface area contributed by atoms with Crippen LogP contribution in [0.15, 0.2) is 48.5 Å². The Morgan fingerprint density at radius 2 is 1.89 bits per heavy atom. The molecule has 1 heterocycles. The Hall–Kier alpha value is -0.874. The number of thioether (sulfide) groups is 1. The van der Waals surface area contributed by atoms with Crippen LogP contribution in [0.4, 0.5) is 4.79 Å². The zero-order valence-corrected chi connectivity index (χ0v) is 19.1. The molecule has 27 heavy (non-hydrogen) atoms. The summed E-state index contributed by atoms with van der Waals surface area (Å²) in [5, 5.41) is 12.8. The SMILES string of the molecule is COc1cccc([C@@H](O)COc2ccc(CC3SC(=O)[N-]C3=O)cc2)c1.[K+]. The number of ether oxygens (including phenoxy) is 2. The van der Waals surface area contributed by atoms with E-state index in [0.717, 1.165) is 17.3 Å². The molecule has 1 saturated heterocycles. The fraction of sp³-hybridized carbons (Fsp3) is 0.263. The topological polar surface area (TPSA) is 86.9 Å². The molecule has 1 aliphatic heterocycles. The van der Waals surface area contributed by atoms with E-state index in [1.54, 1.807) is 25.3 Å². The molecule has 0 radical (unpaired) electrons. The van der Waals surface area contributed by atoms with Crippen molar-refractivity contribution < 1.29 is 75.6 Å². The molecule has 8 heteroatoms. The van der Waals surface area contributed by atoms with Crippen molar-refractivity contribution in [2.24, 2.45) is 0 Å². The maximum Gasteiger partial charge on any atom is 1.00 e. The van der Waals surface area contributed by atoms with Crippen LogP contribution in [0.3, 0.4) is 0 Å². The van der Waals surface area contributed by atoms with E-state index < -0.39 is 16.6 Å². The molecule has 136 valence electrons. The summed E-state index contributed by atoms with van der Waals surface area (Å²) in [7, 11) is 1.57. The largest absolute Gasteiger partial charge is 1.00 e. The molecule has 1 N–H and O–H groups in total. The number of carbonyl (C=O) groups excluding carboxylic acids is 2. The molecule has 1 fully saturated rings. The van der Waals surface area contributed by atoms with Crippen molar-refractivity contribution in [2.45, 2.75) is 17.8 Å². The van der Waals surface area contributed by atoms with Gasteiger partial charge in [-0.2, -0.15) is 0 Å². The van der Waals surface area contributed by atoms with Crippen molar-refractivity contribution in [2.75, 3.05) is 13.7 Å². The Balaban J connectivity index is 0.00000261. The first-order valence-electron chi connectivity index (χ1n) is 8.05. The number of hydrogen-bond donors (Lipinski definition) is 1. The Morgan fingerprint density at radius 1 is 1.15 bits per heavy atom. The average molecular weight is 412 g/mol. The third-order valence-electron chi connectivity index (χ3n) is 3.95. The van der Waals surface area contributed by atoms with Gasteiger partial charge in [-0.3, -0.25) is 0 Å². The third-order valence-corrected chi connectivity index (χ3v) is 4.90. The molecule has 0 aromatic heterocycles. The molecule has 3 rings (SSSR count). The van der Waals surface area contributed by atoms with Crippen molar-refractivity contribution >= 4 is 22.9 Å². The number of carbonyl (C=O) groups is 2. The van der Waals surface area contributed by atoms with Crippen molar-refractivity contribution in [3.8, 4) is 11.5 Å². The average Bonchev–Trinajstić information content (AvgIpc) is 2.97. The van der Waals surface area contributed by atoms with E-state index in [0.29, 0.717) is 23.5 Å². The maximum absolute atomic E-state index is 11.5. The van der Waals surface area contributed by atoms with Crippen LogP contribution in [0.25, 0.3) is 5.32 Å². The molecule has 0 spiro atoms. The predicted octanol–water partition coefficient (Wildman–Crippen LogP) is 0.490. The Labute approximate surface area is 204 Å². The minimum Gasteiger partial charge on any atom is -0.585 e. The molecule has 2 atom stereocenters. The van der Waals surface area contributed by atoms with E-state index >= 15 is 0 Å². The van der Waals surface area contributed by atoms with Crippen LogP contribution in [-0.2, 0) is 11.2 Å². The van der Waals surface area contributed by atoms with E-state index in [2.05, 4.69) is 5.32 Å². The maximum atomic E-state index is 11.5. The van der Waals surface area contributed by atoms with Gasteiger partial charge in [-0.1, -0.05) is 36.0 Å². The van der Waals surface area contributed by atoms with Crippen molar-refractivity contribution in [1.82, 2.24) is 0 Å². The summed E-state index contributed by atoms with van der Waals surface area (Å²) in [6, 6.07) is 14.4. The van der Waals surface area contributed by atoms with Crippen LogP contribution in [0.2, 0.25) is 0 Å². The van der Waals surface area contributed by atoms with Gasteiger partial charge in [0.1, 0.15) is 29.4 Å². The van der Waals surface area contributed by atoms with Crippen LogP contribution < -0.4 is 60.9 Å². The monoisotopic (exact) mass is 411 g/mol. The fourth-order valence-corrected chi connectivity index (χ4v) is 3.36. The molecule has 2 aromatic carbocycles. The van der Waals surface area contributed by atoms with E-state index in [1.165, 1.54) is 0 Å². The van der Waals surface area contributed by atoms with Crippen molar-refractivity contribution in [3.63, 3.8) is 0 Å². The second-order valence-corrected chi connectivity index (χ2v) is 6.93. The zero-order chi connectivity index (χ0) is 18.5. The number of benzene rings is 2. The van der Waals surface area contributed by atoms with Gasteiger partial charge in [-0.25, -0.2) is 0 Å².